The third-order valence-electron chi connectivity index (χ3n) is 3.76. The highest BCUT2D eigenvalue weighted by Crippen LogP contribution is 2.24. The molecule has 1 aliphatic rings. The van der Waals surface area contributed by atoms with Crippen molar-refractivity contribution in [2.45, 2.75) is 31.9 Å². The lowest BCUT2D eigenvalue weighted by atomic mass is 9.94. The molecule has 1 atom stereocenters. The van der Waals surface area contributed by atoms with Crippen molar-refractivity contribution in [1.29, 1.82) is 0 Å². The number of hydrogen-bond acceptors (Lipinski definition) is 4. The van der Waals surface area contributed by atoms with Crippen molar-refractivity contribution in [2.75, 3.05) is 11.6 Å². The zero-order chi connectivity index (χ0) is 16.3. The molecule has 2 rings (SSSR count). The van der Waals surface area contributed by atoms with Crippen LogP contribution in [-0.4, -0.2) is 28.5 Å². The monoisotopic (exact) mass is 319 g/mol. The zero-order valence-corrected chi connectivity index (χ0v) is 14.1. The van der Waals surface area contributed by atoms with Crippen molar-refractivity contribution in [3.05, 3.63) is 29.8 Å². The van der Waals surface area contributed by atoms with Crippen LogP contribution < -0.4 is 10.7 Å². The Balaban J connectivity index is 2.11. The Kier molecular flexibility index (Phi) is 4.90. The van der Waals surface area contributed by atoms with Crippen molar-refractivity contribution in [1.82, 2.24) is 5.43 Å². The lowest BCUT2D eigenvalue weighted by molar-refractivity contribution is -0.122. The van der Waals surface area contributed by atoms with Crippen LogP contribution in [0.15, 0.2) is 29.4 Å². The van der Waals surface area contributed by atoms with Gasteiger partial charge in [-0.2, -0.15) is 5.10 Å². The van der Waals surface area contributed by atoms with Crippen molar-refractivity contribution in [3.8, 4) is 0 Å². The molecule has 0 aliphatic carbocycles. The largest absolute Gasteiger partial charge is 0.325 e. The Hall–Kier alpha value is -1.82. The summed E-state index contributed by atoms with van der Waals surface area (Å²) < 4.78 is -0.467. The topological polar surface area (TPSA) is 70.6 Å². The number of carbonyl (C=O) groups is 2. The molecule has 0 fully saturated rings. The summed E-state index contributed by atoms with van der Waals surface area (Å²) in [4.78, 5) is 23.4. The van der Waals surface area contributed by atoms with E-state index in [9.17, 15) is 9.59 Å². The van der Waals surface area contributed by atoms with Gasteiger partial charge in [0.05, 0.1) is 10.5 Å². The van der Waals surface area contributed by atoms with E-state index in [0.717, 1.165) is 17.0 Å². The number of hydrazone groups is 1. The van der Waals surface area contributed by atoms with E-state index in [2.05, 4.69) is 15.8 Å². The Morgan fingerprint density at radius 1 is 1.36 bits per heavy atom. The van der Waals surface area contributed by atoms with E-state index in [0.29, 0.717) is 6.42 Å². The van der Waals surface area contributed by atoms with Crippen LogP contribution >= 0.6 is 11.8 Å². The third kappa shape index (κ3) is 3.68. The van der Waals surface area contributed by atoms with E-state index in [1.165, 1.54) is 11.8 Å². The molecule has 5 nitrogen and oxygen atoms in total. The molecular weight excluding hydrogens is 298 g/mol. The summed E-state index contributed by atoms with van der Waals surface area (Å²) in [7, 11) is 0. The molecule has 0 spiro atoms. The van der Waals surface area contributed by atoms with Gasteiger partial charge < -0.3 is 5.32 Å². The summed E-state index contributed by atoms with van der Waals surface area (Å²) in [6, 6.07) is 7.54. The maximum absolute atomic E-state index is 12.1. The van der Waals surface area contributed by atoms with E-state index in [4.69, 9.17) is 0 Å². The van der Waals surface area contributed by atoms with Crippen LogP contribution in [0.25, 0.3) is 0 Å². The van der Waals surface area contributed by atoms with E-state index in [1.807, 2.05) is 51.3 Å². The van der Waals surface area contributed by atoms with Gasteiger partial charge in [0, 0.05) is 18.0 Å². The summed E-state index contributed by atoms with van der Waals surface area (Å²) in [6.07, 6.45) is 2.36. The van der Waals surface area contributed by atoms with Crippen LogP contribution in [0.1, 0.15) is 32.8 Å². The van der Waals surface area contributed by atoms with Crippen molar-refractivity contribution in [2.24, 2.45) is 11.0 Å². The maximum Gasteiger partial charge on any atom is 0.240 e. The molecule has 1 aliphatic heterocycles. The van der Waals surface area contributed by atoms with Crippen LogP contribution in [0.3, 0.4) is 0 Å². The normalized spacial score (nSPS) is 18.5. The molecule has 0 radical (unpaired) electrons. The van der Waals surface area contributed by atoms with Gasteiger partial charge in [-0.1, -0.05) is 19.1 Å². The average molecular weight is 319 g/mol. The van der Waals surface area contributed by atoms with Gasteiger partial charge in [0.25, 0.3) is 0 Å². The molecule has 2 amide bonds. The molecule has 1 unspecified atom stereocenters. The number of rotatable bonds is 4. The van der Waals surface area contributed by atoms with Gasteiger partial charge in [-0.3, -0.25) is 9.59 Å². The minimum atomic E-state index is -0.467. The minimum Gasteiger partial charge on any atom is -0.325 e. The molecule has 0 aromatic heterocycles. The molecule has 1 heterocycles. The standard InChI is InChI=1S/C16H21N3O2S/c1-10-9-13(20)18-19-14(10)11-5-7-12(8-6-11)17-15(21)16(2,3)22-4/h5-8,10H,9H2,1-4H3,(H,17,21)(H,18,20). The fourth-order valence-corrected chi connectivity index (χ4v) is 2.34. The van der Waals surface area contributed by atoms with Crippen LogP contribution in [0, 0.1) is 5.92 Å². The first kappa shape index (κ1) is 16.5. The summed E-state index contributed by atoms with van der Waals surface area (Å²) in [5.74, 6) is 0.00688. The Bertz CT molecular complexity index is 608. The molecule has 2 N–H and O–H groups in total. The number of nitrogens with one attached hydrogen (secondary N) is 2. The second kappa shape index (κ2) is 6.52. The van der Waals surface area contributed by atoms with Crippen LogP contribution in [-0.2, 0) is 9.59 Å². The predicted molar refractivity (Wildman–Crippen MR) is 91.1 cm³/mol. The molecule has 1 aromatic carbocycles. The number of amides is 2. The first-order chi connectivity index (χ1) is 10.3. The molecule has 22 heavy (non-hydrogen) atoms. The maximum atomic E-state index is 12.1. The number of anilines is 1. The summed E-state index contributed by atoms with van der Waals surface area (Å²) in [5.41, 5.74) is 5.08. The van der Waals surface area contributed by atoms with Gasteiger partial charge in [0.15, 0.2) is 0 Å². The molecule has 118 valence electrons. The van der Waals surface area contributed by atoms with E-state index in [1.54, 1.807) is 0 Å². The predicted octanol–water partition coefficient (Wildman–Crippen LogP) is 2.63. The van der Waals surface area contributed by atoms with Crippen LogP contribution in [0.5, 0.6) is 0 Å². The Morgan fingerprint density at radius 2 is 2.00 bits per heavy atom. The Labute approximate surface area is 134 Å². The van der Waals surface area contributed by atoms with Crippen LogP contribution in [0.4, 0.5) is 5.69 Å². The van der Waals surface area contributed by atoms with Gasteiger partial charge >= 0.3 is 0 Å². The highest BCUT2D eigenvalue weighted by atomic mass is 32.2. The number of benzene rings is 1. The number of nitrogens with zero attached hydrogens (tertiary/aromatic N) is 1. The molecule has 0 bridgehead atoms. The SMILES string of the molecule is CSC(C)(C)C(=O)Nc1ccc(C2=NNC(=O)CC2C)cc1. The van der Waals surface area contributed by atoms with Crippen LogP contribution in [0.2, 0.25) is 0 Å². The fraction of sp³-hybridized carbons (Fsp3) is 0.438. The second-order valence-corrected chi connectivity index (χ2v) is 7.31. The van der Waals surface area contributed by atoms with Crippen molar-refractivity contribution in [3.63, 3.8) is 0 Å². The molecule has 0 saturated carbocycles. The van der Waals surface area contributed by atoms with Gasteiger partial charge in [0.2, 0.25) is 11.8 Å². The summed E-state index contributed by atoms with van der Waals surface area (Å²) in [6.45, 7) is 5.76. The molecule has 1 aromatic rings. The van der Waals surface area contributed by atoms with Gasteiger partial charge in [-0.05, 0) is 37.8 Å². The molecular formula is C16H21N3O2S. The number of carbonyl (C=O) groups excluding carboxylic acids is 2. The van der Waals surface area contributed by atoms with Crippen molar-refractivity contribution >= 4 is 35.0 Å². The zero-order valence-electron chi connectivity index (χ0n) is 13.3. The third-order valence-corrected chi connectivity index (χ3v) is 4.96. The van der Waals surface area contributed by atoms with Gasteiger partial charge in [-0.25, -0.2) is 5.43 Å². The highest BCUT2D eigenvalue weighted by Gasteiger charge is 2.26. The summed E-state index contributed by atoms with van der Waals surface area (Å²) in [5, 5.41) is 7.04. The lowest BCUT2D eigenvalue weighted by Gasteiger charge is -2.21. The number of thioether (sulfide) groups is 1. The second-order valence-electron chi connectivity index (χ2n) is 5.88. The lowest BCUT2D eigenvalue weighted by Crippen LogP contribution is -2.33. The van der Waals surface area contributed by atoms with Gasteiger partial charge in [0.1, 0.15) is 0 Å². The van der Waals surface area contributed by atoms with Crippen molar-refractivity contribution < 1.29 is 9.59 Å². The smallest absolute Gasteiger partial charge is 0.240 e. The Morgan fingerprint density at radius 3 is 2.55 bits per heavy atom. The highest BCUT2D eigenvalue weighted by molar-refractivity contribution is 8.00. The van der Waals surface area contributed by atoms with E-state index >= 15 is 0 Å². The quantitative estimate of drug-likeness (QED) is 0.896. The first-order valence-corrected chi connectivity index (χ1v) is 8.39. The average Bonchev–Trinajstić information content (AvgIpc) is 2.48. The van der Waals surface area contributed by atoms with E-state index < -0.39 is 4.75 Å². The van der Waals surface area contributed by atoms with E-state index in [-0.39, 0.29) is 17.7 Å². The summed E-state index contributed by atoms with van der Waals surface area (Å²) >= 11 is 1.51. The number of hydrogen-bond donors (Lipinski definition) is 2. The molecule has 6 heteroatoms. The fourth-order valence-electron chi connectivity index (χ4n) is 2.10. The minimum absolute atomic E-state index is 0.0246. The van der Waals surface area contributed by atoms with Gasteiger partial charge in [-0.15, -0.1) is 11.8 Å². The molecule has 0 saturated heterocycles. The first-order valence-electron chi connectivity index (χ1n) is 7.17.